The highest BCUT2D eigenvalue weighted by Gasteiger charge is 2.27. The number of hydrogen-bond acceptors (Lipinski definition) is 2. The van der Waals surface area contributed by atoms with Crippen molar-refractivity contribution < 1.29 is 0 Å². The summed E-state index contributed by atoms with van der Waals surface area (Å²) in [6.45, 7) is 2.39. The van der Waals surface area contributed by atoms with Gasteiger partial charge >= 0.3 is 0 Å². The molecule has 2 aromatic heterocycles. The number of aryl methyl sites for hydroxylation is 3. The number of hydrogen-bond donors (Lipinski definition) is 0. The van der Waals surface area contributed by atoms with Crippen LogP contribution in [0.4, 0.5) is 0 Å². The maximum Gasteiger partial charge on any atom is 0.124 e. The third-order valence-corrected chi connectivity index (χ3v) is 6.96. The van der Waals surface area contributed by atoms with E-state index in [4.69, 9.17) is 4.98 Å². The highest BCUT2D eigenvalue weighted by atomic mass is 32.1. The van der Waals surface area contributed by atoms with Crippen LogP contribution in [0.15, 0.2) is 30.3 Å². The molecule has 0 spiro atoms. The van der Waals surface area contributed by atoms with Crippen LogP contribution < -0.4 is 0 Å². The van der Waals surface area contributed by atoms with Crippen molar-refractivity contribution in [3.05, 3.63) is 52.0 Å². The highest BCUT2D eigenvalue weighted by molar-refractivity contribution is 7.19. The minimum absolute atomic E-state index is 0.772. The molecule has 0 bridgehead atoms. The molecule has 3 aromatic rings. The summed E-state index contributed by atoms with van der Waals surface area (Å²) in [5.74, 6) is 0.772. The summed E-state index contributed by atoms with van der Waals surface area (Å²) < 4.78 is 0. The van der Waals surface area contributed by atoms with Crippen LogP contribution in [0, 0.1) is 5.92 Å². The molecule has 2 heterocycles. The molecule has 0 aliphatic heterocycles. The Balaban J connectivity index is 1.88. The molecule has 2 heteroatoms. The maximum absolute atomic E-state index is 5.16. The van der Waals surface area contributed by atoms with E-state index in [0.29, 0.717) is 0 Å². The molecule has 0 fully saturated rings. The lowest BCUT2D eigenvalue weighted by Crippen LogP contribution is -2.14. The summed E-state index contributed by atoms with van der Waals surface area (Å²) in [5, 5.41) is 1.49. The van der Waals surface area contributed by atoms with Crippen molar-refractivity contribution >= 4 is 21.6 Å². The second kappa shape index (κ2) is 5.70. The first-order chi connectivity index (χ1) is 11.8. The molecule has 5 rings (SSSR count). The molecule has 122 valence electrons. The Bertz CT molecular complexity index is 907. The van der Waals surface area contributed by atoms with Crippen molar-refractivity contribution in [1.82, 2.24) is 4.98 Å². The molecule has 0 saturated heterocycles. The van der Waals surface area contributed by atoms with E-state index >= 15 is 0 Å². The Morgan fingerprint density at radius 3 is 2.71 bits per heavy atom. The quantitative estimate of drug-likeness (QED) is 0.535. The predicted molar refractivity (Wildman–Crippen MR) is 103 cm³/mol. The van der Waals surface area contributed by atoms with Crippen molar-refractivity contribution in [3.8, 4) is 11.1 Å². The van der Waals surface area contributed by atoms with Crippen LogP contribution in [0.1, 0.15) is 47.9 Å². The van der Waals surface area contributed by atoms with Crippen LogP contribution in [0.25, 0.3) is 21.3 Å². The normalized spacial score (nSPS) is 20.0. The van der Waals surface area contributed by atoms with Gasteiger partial charge in [-0.1, -0.05) is 37.3 Å². The SMILES string of the molecule is C[C@@H]1CCc2nc3sc4c(c3c(-c3ccccc3)c2C1)CCCC4. The van der Waals surface area contributed by atoms with E-state index in [-0.39, 0.29) is 0 Å². The van der Waals surface area contributed by atoms with Gasteiger partial charge in [0.25, 0.3) is 0 Å². The third-order valence-electron chi connectivity index (χ3n) is 5.78. The first-order valence-corrected chi connectivity index (χ1v) is 10.1. The van der Waals surface area contributed by atoms with Crippen molar-refractivity contribution in [2.45, 2.75) is 51.9 Å². The zero-order valence-electron chi connectivity index (χ0n) is 14.3. The molecule has 2 aliphatic carbocycles. The first-order valence-electron chi connectivity index (χ1n) is 9.32. The molecule has 0 N–H and O–H groups in total. The summed E-state index contributed by atoms with van der Waals surface area (Å²) in [4.78, 5) is 8.07. The Morgan fingerprint density at radius 1 is 1.00 bits per heavy atom. The van der Waals surface area contributed by atoms with Crippen molar-refractivity contribution in [3.63, 3.8) is 0 Å². The fourth-order valence-electron chi connectivity index (χ4n) is 4.56. The van der Waals surface area contributed by atoms with E-state index in [1.54, 1.807) is 16.0 Å². The van der Waals surface area contributed by atoms with E-state index in [2.05, 4.69) is 37.3 Å². The van der Waals surface area contributed by atoms with Crippen molar-refractivity contribution in [2.24, 2.45) is 5.92 Å². The lowest BCUT2D eigenvalue weighted by molar-refractivity contribution is 0.496. The third kappa shape index (κ3) is 2.23. The Labute approximate surface area is 147 Å². The molecule has 24 heavy (non-hydrogen) atoms. The number of rotatable bonds is 1. The van der Waals surface area contributed by atoms with Gasteiger partial charge in [-0.3, -0.25) is 0 Å². The standard InChI is InChI=1S/C22H23NS/c1-14-11-12-18-17(13-14)20(15-7-3-2-4-8-15)21-16-9-5-6-10-19(16)24-22(21)23-18/h2-4,7-8,14H,5-6,9-13H2,1H3/t14-/m1/s1. The molecule has 2 aliphatic rings. The summed E-state index contributed by atoms with van der Waals surface area (Å²) in [6, 6.07) is 11.1. The predicted octanol–water partition coefficient (Wildman–Crippen LogP) is 5.97. The van der Waals surface area contributed by atoms with Crippen molar-refractivity contribution in [1.29, 1.82) is 0 Å². The van der Waals surface area contributed by atoms with Crippen LogP contribution in [0.5, 0.6) is 0 Å². The van der Waals surface area contributed by atoms with Crippen LogP contribution in [0.2, 0.25) is 0 Å². The number of benzene rings is 1. The van der Waals surface area contributed by atoms with E-state index in [1.165, 1.54) is 65.6 Å². The second-order valence-electron chi connectivity index (χ2n) is 7.52. The van der Waals surface area contributed by atoms with Crippen LogP contribution in [0.3, 0.4) is 0 Å². The molecule has 0 unspecified atom stereocenters. The lowest BCUT2D eigenvalue weighted by Gasteiger charge is -2.25. The Kier molecular flexibility index (Phi) is 3.48. The number of aromatic nitrogens is 1. The average molecular weight is 334 g/mol. The van der Waals surface area contributed by atoms with Gasteiger partial charge < -0.3 is 0 Å². The minimum atomic E-state index is 0.772. The van der Waals surface area contributed by atoms with E-state index in [1.807, 2.05) is 11.3 Å². The second-order valence-corrected chi connectivity index (χ2v) is 8.60. The molecule has 1 nitrogen and oxygen atoms in total. The number of thiophene rings is 1. The monoisotopic (exact) mass is 333 g/mol. The van der Waals surface area contributed by atoms with Gasteiger partial charge in [0, 0.05) is 16.0 Å². The zero-order valence-corrected chi connectivity index (χ0v) is 15.1. The largest absolute Gasteiger partial charge is 0.242 e. The van der Waals surface area contributed by atoms with Crippen LogP contribution >= 0.6 is 11.3 Å². The summed E-state index contributed by atoms with van der Waals surface area (Å²) in [6.07, 6.45) is 8.79. The zero-order chi connectivity index (χ0) is 16.1. The van der Waals surface area contributed by atoms with Gasteiger partial charge in [0.1, 0.15) is 4.83 Å². The molecule has 0 saturated carbocycles. The van der Waals surface area contributed by atoms with Gasteiger partial charge in [0.15, 0.2) is 0 Å². The van der Waals surface area contributed by atoms with Crippen LogP contribution in [-0.2, 0) is 25.7 Å². The molecule has 1 atom stereocenters. The van der Waals surface area contributed by atoms with E-state index in [9.17, 15) is 0 Å². The summed E-state index contributed by atoms with van der Waals surface area (Å²) >= 11 is 1.97. The molecule has 1 aromatic carbocycles. The van der Waals surface area contributed by atoms with Gasteiger partial charge in [-0.2, -0.15) is 0 Å². The van der Waals surface area contributed by atoms with E-state index < -0.39 is 0 Å². The number of pyridine rings is 1. The Hall–Kier alpha value is -1.67. The topological polar surface area (TPSA) is 12.9 Å². The van der Waals surface area contributed by atoms with Gasteiger partial charge in [-0.05, 0) is 73.1 Å². The first kappa shape index (κ1) is 14.7. The minimum Gasteiger partial charge on any atom is -0.242 e. The van der Waals surface area contributed by atoms with Crippen LogP contribution in [-0.4, -0.2) is 4.98 Å². The lowest BCUT2D eigenvalue weighted by atomic mass is 9.81. The average Bonchev–Trinajstić information content (AvgIpc) is 2.98. The molecule has 0 amide bonds. The van der Waals surface area contributed by atoms with Gasteiger partial charge in [-0.25, -0.2) is 4.98 Å². The Morgan fingerprint density at radius 2 is 1.83 bits per heavy atom. The smallest absolute Gasteiger partial charge is 0.124 e. The number of fused-ring (bicyclic) bond motifs is 4. The molecular formula is C22H23NS. The highest BCUT2D eigenvalue weighted by Crippen LogP contribution is 2.44. The fourth-order valence-corrected chi connectivity index (χ4v) is 5.85. The van der Waals surface area contributed by atoms with E-state index in [0.717, 1.165) is 12.3 Å². The van der Waals surface area contributed by atoms with Gasteiger partial charge in [0.05, 0.1) is 0 Å². The number of nitrogens with zero attached hydrogens (tertiary/aromatic N) is 1. The summed E-state index contributed by atoms with van der Waals surface area (Å²) in [7, 11) is 0. The molecule has 0 radical (unpaired) electrons. The van der Waals surface area contributed by atoms with Gasteiger partial charge in [0.2, 0.25) is 0 Å². The summed E-state index contributed by atoms with van der Waals surface area (Å²) in [5.41, 5.74) is 7.44. The fraction of sp³-hybridized carbons (Fsp3) is 0.409. The van der Waals surface area contributed by atoms with Gasteiger partial charge in [-0.15, -0.1) is 11.3 Å². The van der Waals surface area contributed by atoms with Crippen molar-refractivity contribution in [2.75, 3.05) is 0 Å². The maximum atomic E-state index is 5.16. The molecular weight excluding hydrogens is 310 g/mol.